The number of nitrogens with one attached hydrogen (secondary N) is 1. The van der Waals surface area contributed by atoms with Crippen LogP contribution in [0.2, 0.25) is 0 Å². The van der Waals surface area contributed by atoms with Crippen molar-refractivity contribution in [3.05, 3.63) is 22.2 Å². The van der Waals surface area contributed by atoms with Crippen LogP contribution >= 0.6 is 15.9 Å². The normalized spacial score (nSPS) is 11.0. The van der Waals surface area contributed by atoms with Gasteiger partial charge in [-0.15, -0.1) is 0 Å². The number of rotatable bonds is 12. The number of hydrogen-bond acceptors (Lipinski definition) is 4. The van der Waals surface area contributed by atoms with E-state index >= 15 is 0 Å². The second kappa shape index (κ2) is 11.7. The lowest BCUT2D eigenvalue weighted by Crippen LogP contribution is -2.17. The third-order valence-electron chi connectivity index (χ3n) is 3.30. The van der Waals surface area contributed by atoms with Gasteiger partial charge in [-0.3, -0.25) is 0 Å². The Morgan fingerprint density at radius 2 is 1.87 bits per heavy atom. The number of hydrogen-bond donors (Lipinski definition) is 1. The first-order valence-corrected chi connectivity index (χ1v) is 9.19. The fourth-order valence-corrected chi connectivity index (χ4v) is 2.55. The van der Waals surface area contributed by atoms with Crippen LogP contribution in [0.25, 0.3) is 0 Å². The number of methoxy groups -OCH3 is 1. The van der Waals surface area contributed by atoms with Crippen LogP contribution in [0.1, 0.15) is 45.6 Å². The minimum atomic E-state index is 0.118. The molecule has 1 N–H and O–H groups in total. The van der Waals surface area contributed by atoms with E-state index in [2.05, 4.69) is 28.2 Å². The quantitative estimate of drug-likeness (QED) is 0.534. The van der Waals surface area contributed by atoms with Crippen LogP contribution in [0.4, 0.5) is 0 Å². The van der Waals surface area contributed by atoms with E-state index in [1.54, 1.807) is 7.11 Å². The Morgan fingerprint density at radius 3 is 2.52 bits per heavy atom. The van der Waals surface area contributed by atoms with Crippen LogP contribution < -0.4 is 14.8 Å². The first-order chi connectivity index (χ1) is 11.1. The molecule has 132 valence electrons. The number of unbranched alkanes of at least 4 members (excludes halogenated alkanes) is 1. The van der Waals surface area contributed by atoms with Gasteiger partial charge in [-0.25, -0.2) is 0 Å². The lowest BCUT2D eigenvalue weighted by Gasteiger charge is -2.16. The van der Waals surface area contributed by atoms with Crippen molar-refractivity contribution in [2.75, 3.05) is 26.9 Å². The SMILES string of the molecule is CCCCOCCCNCc1cc(OC)c(OC(C)C)cc1Br. The summed E-state index contributed by atoms with van der Waals surface area (Å²) in [6.45, 7) is 9.60. The Bertz CT molecular complexity index is 452. The fourth-order valence-electron chi connectivity index (χ4n) is 2.09. The molecule has 1 aromatic rings. The second-order valence-electron chi connectivity index (χ2n) is 5.76. The third-order valence-corrected chi connectivity index (χ3v) is 4.03. The summed E-state index contributed by atoms with van der Waals surface area (Å²) < 4.78 is 17.8. The van der Waals surface area contributed by atoms with Gasteiger partial charge in [0.05, 0.1) is 13.2 Å². The second-order valence-corrected chi connectivity index (χ2v) is 6.61. The highest BCUT2D eigenvalue weighted by molar-refractivity contribution is 9.10. The van der Waals surface area contributed by atoms with Crippen LogP contribution in [-0.2, 0) is 11.3 Å². The van der Waals surface area contributed by atoms with Gasteiger partial charge in [-0.1, -0.05) is 29.3 Å². The molecule has 0 aliphatic carbocycles. The molecule has 5 heteroatoms. The lowest BCUT2D eigenvalue weighted by atomic mass is 10.2. The molecular formula is C18H30BrNO3. The standard InChI is InChI=1S/C18H30BrNO3/c1-5-6-9-22-10-7-8-20-13-15-11-17(21-4)18(12-16(15)19)23-14(2)3/h11-12,14,20H,5-10,13H2,1-4H3. The van der Waals surface area contributed by atoms with Crippen molar-refractivity contribution in [1.82, 2.24) is 5.32 Å². The van der Waals surface area contributed by atoms with Gasteiger partial charge in [0.1, 0.15) is 0 Å². The molecule has 23 heavy (non-hydrogen) atoms. The Morgan fingerprint density at radius 1 is 1.13 bits per heavy atom. The average molecular weight is 388 g/mol. The lowest BCUT2D eigenvalue weighted by molar-refractivity contribution is 0.128. The van der Waals surface area contributed by atoms with Crippen molar-refractivity contribution >= 4 is 15.9 Å². The van der Waals surface area contributed by atoms with Crippen molar-refractivity contribution in [3.63, 3.8) is 0 Å². The van der Waals surface area contributed by atoms with Gasteiger partial charge < -0.3 is 19.5 Å². The van der Waals surface area contributed by atoms with Crippen molar-refractivity contribution in [2.24, 2.45) is 0 Å². The number of benzene rings is 1. The highest BCUT2D eigenvalue weighted by Gasteiger charge is 2.11. The van der Waals surface area contributed by atoms with E-state index in [-0.39, 0.29) is 6.10 Å². The van der Waals surface area contributed by atoms with E-state index in [9.17, 15) is 0 Å². The molecule has 0 saturated carbocycles. The minimum Gasteiger partial charge on any atom is -0.493 e. The van der Waals surface area contributed by atoms with Crippen molar-refractivity contribution in [3.8, 4) is 11.5 Å². The summed E-state index contributed by atoms with van der Waals surface area (Å²) in [7, 11) is 1.67. The molecule has 0 unspecified atom stereocenters. The maximum absolute atomic E-state index is 5.77. The maximum atomic E-state index is 5.77. The van der Waals surface area contributed by atoms with Gasteiger partial charge in [0.15, 0.2) is 11.5 Å². The molecule has 0 aromatic heterocycles. The fraction of sp³-hybridized carbons (Fsp3) is 0.667. The molecule has 1 rings (SSSR count). The first-order valence-electron chi connectivity index (χ1n) is 8.40. The van der Waals surface area contributed by atoms with E-state index in [0.717, 1.165) is 60.7 Å². The summed E-state index contributed by atoms with van der Waals surface area (Å²) >= 11 is 3.61. The van der Waals surface area contributed by atoms with Crippen molar-refractivity contribution < 1.29 is 14.2 Å². The van der Waals surface area contributed by atoms with E-state index < -0.39 is 0 Å². The van der Waals surface area contributed by atoms with Gasteiger partial charge in [-0.2, -0.15) is 0 Å². The zero-order chi connectivity index (χ0) is 17.1. The Hall–Kier alpha value is -0.780. The molecule has 0 aliphatic heterocycles. The Balaban J connectivity index is 2.41. The maximum Gasteiger partial charge on any atom is 0.162 e. The van der Waals surface area contributed by atoms with Crippen LogP contribution in [0.15, 0.2) is 16.6 Å². The zero-order valence-electron chi connectivity index (χ0n) is 14.8. The van der Waals surface area contributed by atoms with E-state index in [1.165, 1.54) is 6.42 Å². The molecule has 0 radical (unpaired) electrons. The molecule has 0 bridgehead atoms. The molecule has 0 atom stereocenters. The van der Waals surface area contributed by atoms with E-state index in [1.807, 2.05) is 26.0 Å². The molecule has 0 amide bonds. The summed E-state index contributed by atoms with van der Waals surface area (Å²) in [5.41, 5.74) is 1.16. The smallest absolute Gasteiger partial charge is 0.162 e. The van der Waals surface area contributed by atoms with E-state index in [4.69, 9.17) is 14.2 Å². The van der Waals surface area contributed by atoms with Crippen LogP contribution in [0.5, 0.6) is 11.5 Å². The molecule has 0 spiro atoms. The minimum absolute atomic E-state index is 0.118. The Labute approximate surface area is 149 Å². The molecular weight excluding hydrogens is 358 g/mol. The van der Waals surface area contributed by atoms with Gasteiger partial charge in [0.25, 0.3) is 0 Å². The van der Waals surface area contributed by atoms with Gasteiger partial charge in [0, 0.05) is 24.2 Å². The zero-order valence-corrected chi connectivity index (χ0v) is 16.4. The summed E-state index contributed by atoms with van der Waals surface area (Å²) in [5.74, 6) is 1.53. The average Bonchev–Trinajstić information content (AvgIpc) is 2.51. The highest BCUT2D eigenvalue weighted by Crippen LogP contribution is 2.34. The topological polar surface area (TPSA) is 39.7 Å². The summed E-state index contributed by atoms with van der Waals surface area (Å²) in [5, 5.41) is 3.44. The molecule has 0 saturated heterocycles. The summed E-state index contributed by atoms with van der Waals surface area (Å²) in [4.78, 5) is 0. The summed E-state index contributed by atoms with van der Waals surface area (Å²) in [6.07, 6.45) is 3.47. The van der Waals surface area contributed by atoms with Gasteiger partial charge in [0.2, 0.25) is 0 Å². The first kappa shape index (κ1) is 20.3. The number of halogens is 1. The van der Waals surface area contributed by atoms with Crippen LogP contribution in [0, 0.1) is 0 Å². The van der Waals surface area contributed by atoms with Crippen molar-refractivity contribution in [2.45, 2.75) is 52.7 Å². The Kier molecular flexibility index (Phi) is 10.3. The number of ether oxygens (including phenoxy) is 3. The monoisotopic (exact) mass is 387 g/mol. The molecule has 1 aromatic carbocycles. The van der Waals surface area contributed by atoms with Crippen LogP contribution in [0.3, 0.4) is 0 Å². The molecule has 4 nitrogen and oxygen atoms in total. The molecule has 0 aliphatic rings. The molecule has 0 fully saturated rings. The predicted molar refractivity (Wildman–Crippen MR) is 98.5 cm³/mol. The highest BCUT2D eigenvalue weighted by atomic mass is 79.9. The van der Waals surface area contributed by atoms with E-state index in [0.29, 0.717) is 0 Å². The third kappa shape index (κ3) is 8.04. The summed E-state index contributed by atoms with van der Waals surface area (Å²) in [6, 6.07) is 4.00. The van der Waals surface area contributed by atoms with Gasteiger partial charge in [-0.05, 0) is 50.9 Å². The largest absolute Gasteiger partial charge is 0.493 e. The molecule has 0 heterocycles. The van der Waals surface area contributed by atoms with Gasteiger partial charge >= 0.3 is 0 Å². The predicted octanol–water partition coefficient (Wildman–Crippen LogP) is 4.54. The van der Waals surface area contributed by atoms with Crippen LogP contribution in [-0.4, -0.2) is 33.0 Å². The van der Waals surface area contributed by atoms with Crippen molar-refractivity contribution in [1.29, 1.82) is 0 Å².